The second-order valence-corrected chi connectivity index (χ2v) is 12.4. The molecule has 3 N–H and O–H groups in total. The van der Waals surface area contributed by atoms with Crippen LogP contribution in [0.25, 0.3) is 0 Å². The number of fused-ring (bicyclic) bond motifs is 4. The first-order valence-corrected chi connectivity index (χ1v) is 14.3. The fourth-order valence-electron chi connectivity index (χ4n) is 7.23. The number of para-hydroxylation sites is 1. The average Bonchev–Trinajstić information content (AvgIpc) is 3.29. The van der Waals surface area contributed by atoms with Gasteiger partial charge in [-0.15, -0.1) is 23.2 Å². The maximum absolute atomic E-state index is 14.0. The quantitative estimate of drug-likeness (QED) is 0.256. The molecule has 2 heterocycles. The smallest absolute Gasteiger partial charge is 0.339 e. The molecule has 2 aliphatic carbocycles. The van der Waals surface area contributed by atoms with Crippen LogP contribution in [-0.4, -0.2) is 73.2 Å². The summed E-state index contributed by atoms with van der Waals surface area (Å²) in [6, 6.07) is 8.09. The number of imide groups is 2. The Kier molecular flexibility index (Phi) is 6.55. The lowest BCUT2D eigenvalue weighted by Crippen LogP contribution is -2.60. The first kappa shape index (κ1) is 29.0. The molecule has 6 unspecified atom stereocenters. The average molecular weight is 629 g/mol. The fraction of sp³-hybridized carbons (Fsp3) is 0.367. The molecule has 43 heavy (non-hydrogen) atoms. The maximum Gasteiger partial charge on any atom is 0.339 e. The molecule has 6 atom stereocenters. The second kappa shape index (κ2) is 9.72. The lowest BCUT2D eigenvalue weighted by atomic mass is 9.56. The summed E-state index contributed by atoms with van der Waals surface area (Å²) in [5.41, 5.74) is 0.256. The van der Waals surface area contributed by atoms with Crippen molar-refractivity contribution in [3.8, 4) is 17.2 Å². The monoisotopic (exact) mass is 628 g/mol. The number of alkyl halides is 2. The number of halogens is 2. The van der Waals surface area contributed by atoms with Crippen molar-refractivity contribution in [2.45, 2.75) is 35.4 Å². The minimum absolute atomic E-state index is 0.0120. The molecule has 2 saturated heterocycles. The Hall–Kier alpha value is -4.09. The van der Waals surface area contributed by atoms with E-state index in [1.807, 2.05) is 0 Å². The van der Waals surface area contributed by atoms with E-state index in [9.17, 15) is 39.3 Å². The van der Waals surface area contributed by atoms with Gasteiger partial charge in [0, 0.05) is 24.6 Å². The van der Waals surface area contributed by atoms with Crippen LogP contribution in [0.4, 0.5) is 5.69 Å². The predicted molar refractivity (Wildman–Crippen MR) is 152 cm³/mol. The highest BCUT2D eigenvalue weighted by molar-refractivity contribution is 6.53. The molecular formula is C30H26Cl2N2O9. The lowest BCUT2D eigenvalue weighted by molar-refractivity contribution is -0.138. The summed E-state index contributed by atoms with van der Waals surface area (Å²) in [5.74, 6) is -8.76. The molecule has 4 amide bonds. The number of benzene rings is 2. The van der Waals surface area contributed by atoms with Crippen LogP contribution >= 0.6 is 23.2 Å². The topological polar surface area (TPSA) is 162 Å². The molecule has 6 rings (SSSR count). The van der Waals surface area contributed by atoms with Gasteiger partial charge in [-0.2, -0.15) is 0 Å². The van der Waals surface area contributed by atoms with Crippen molar-refractivity contribution in [3.63, 3.8) is 0 Å². The summed E-state index contributed by atoms with van der Waals surface area (Å²) in [6.07, 6.45) is 1.57. The molecule has 0 aromatic heterocycles. The van der Waals surface area contributed by atoms with Crippen molar-refractivity contribution in [1.29, 1.82) is 0 Å². The Morgan fingerprint density at radius 1 is 1.05 bits per heavy atom. The third-order valence-corrected chi connectivity index (χ3v) is 10.5. The van der Waals surface area contributed by atoms with E-state index in [4.69, 9.17) is 27.9 Å². The zero-order valence-electron chi connectivity index (χ0n) is 22.9. The van der Waals surface area contributed by atoms with Gasteiger partial charge >= 0.3 is 5.97 Å². The van der Waals surface area contributed by atoms with Gasteiger partial charge in [0.15, 0.2) is 21.2 Å². The number of nitrogens with zero attached hydrogens (tertiary/aromatic N) is 2. The van der Waals surface area contributed by atoms with Crippen LogP contribution in [0, 0.1) is 17.8 Å². The Bertz CT molecular complexity index is 1670. The molecule has 2 aliphatic heterocycles. The molecule has 0 radical (unpaired) electrons. The maximum atomic E-state index is 14.0. The molecule has 4 aliphatic rings. The Morgan fingerprint density at radius 2 is 1.77 bits per heavy atom. The number of ether oxygens (including phenoxy) is 1. The number of anilines is 1. The second-order valence-electron chi connectivity index (χ2n) is 11.1. The van der Waals surface area contributed by atoms with Gasteiger partial charge in [0.25, 0.3) is 11.8 Å². The zero-order valence-corrected chi connectivity index (χ0v) is 24.4. The number of carbonyl (C=O) groups is 5. The van der Waals surface area contributed by atoms with Gasteiger partial charge in [-0.1, -0.05) is 23.8 Å². The number of carboxylic acid groups (broad SMARTS) is 1. The number of aromatic hydroxyl groups is 2. The van der Waals surface area contributed by atoms with Crippen molar-refractivity contribution in [2.75, 3.05) is 18.6 Å². The van der Waals surface area contributed by atoms with Crippen LogP contribution in [-0.2, 0) is 19.2 Å². The number of rotatable bonds is 5. The van der Waals surface area contributed by atoms with Gasteiger partial charge in [0.1, 0.15) is 11.3 Å². The first-order valence-electron chi connectivity index (χ1n) is 13.6. The summed E-state index contributed by atoms with van der Waals surface area (Å²) in [6.45, 7) is 1.97. The van der Waals surface area contributed by atoms with Crippen LogP contribution < -0.4 is 9.64 Å². The minimum Gasteiger partial charge on any atom is -0.507 e. The number of likely N-dealkylation sites (tertiary alicyclic amines) is 1. The summed E-state index contributed by atoms with van der Waals surface area (Å²) < 4.78 is 5.57. The highest BCUT2D eigenvalue weighted by Gasteiger charge is 2.76. The van der Waals surface area contributed by atoms with Crippen molar-refractivity contribution >= 4 is 58.5 Å². The van der Waals surface area contributed by atoms with Crippen molar-refractivity contribution in [3.05, 3.63) is 59.2 Å². The largest absolute Gasteiger partial charge is 0.507 e. The minimum atomic E-state index is -2.07. The van der Waals surface area contributed by atoms with E-state index in [1.165, 1.54) is 13.1 Å². The highest BCUT2D eigenvalue weighted by Crippen LogP contribution is 2.66. The van der Waals surface area contributed by atoms with E-state index in [-0.39, 0.29) is 42.2 Å². The zero-order chi connectivity index (χ0) is 31.2. The van der Waals surface area contributed by atoms with Gasteiger partial charge in [-0.25, -0.2) is 9.69 Å². The Morgan fingerprint density at radius 3 is 2.42 bits per heavy atom. The highest BCUT2D eigenvalue weighted by atomic mass is 35.5. The number of hydrogen-bond donors (Lipinski definition) is 3. The van der Waals surface area contributed by atoms with Crippen LogP contribution in [0.1, 0.15) is 41.6 Å². The number of phenols is 2. The summed E-state index contributed by atoms with van der Waals surface area (Å²) >= 11 is 14.3. The molecular weight excluding hydrogens is 603 g/mol. The Labute approximate surface area is 255 Å². The van der Waals surface area contributed by atoms with E-state index in [0.29, 0.717) is 5.57 Å². The molecule has 0 spiro atoms. The molecule has 13 heteroatoms. The third-order valence-electron chi connectivity index (χ3n) is 9.13. The van der Waals surface area contributed by atoms with Crippen LogP contribution in [0.15, 0.2) is 48.0 Å². The van der Waals surface area contributed by atoms with E-state index in [2.05, 4.69) is 0 Å². The third kappa shape index (κ3) is 3.70. The number of hydrogen-bond acceptors (Lipinski definition) is 8. The number of aromatic carboxylic acids is 1. The van der Waals surface area contributed by atoms with Gasteiger partial charge in [0.2, 0.25) is 11.8 Å². The summed E-state index contributed by atoms with van der Waals surface area (Å²) in [4.78, 5) is 64.0. The number of carbonyl (C=O) groups excluding carboxylic acids is 4. The van der Waals surface area contributed by atoms with Gasteiger partial charge in [-0.3, -0.25) is 24.1 Å². The molecule has 0 bridgehead atoms. The van der Waals surface area contributed by atoms with Gasteiger partial charge in [-0.05, 0) is 43.9 Å². The van der Waals surface area contributed by atoms with Crippen LogP contribution in [0.3, 0.4) is 0 Å². The van der Waals surface area contributed by atoms with E-state index in [1.54, 1.807) is 31.2 Å². The van der Waals surface area contributed by atoms with Crippen molar-refractivity contribution < 1.29 is 44.0 Å². The molecule has 11 nitrogen and oxygen atoms in total. The number of allylic oxidation sites excluding steroid dienone is 2. The normalized spacial score (nSPS) is 31.5. The van der Waals surface area contributed by atoms with E-state index < -0.39 is 74.3 Å². The number of phenolic OH excluding ortho intramolecular Hbond substituents is 1. The van der Waals surface area contributed by atoms with Crippen LogP contribution in [0.2, 0.25) is 0 Å². The summed E-state index contributed by atoms with van der Waals surface area (Å²) in [7, 11) is 1.27. The summed E-state index contributed by atoms with van der Waals surface area (Å²) in [5, 5.41) is 30.8. The first-order chi connectivity index (χ1) is 20.3. The van der Waals surface area contributed by atoms with Gasteiger partial charge < -0.3 is 20.1 Å². The molecule has 3 fully saturated rings. The SMILES string of the molecule is CCOc1cccc(C2C3=CCC4C(=O)N(c5ccc(C(=O)O)c(O)c5)C(=O)C4C3CC3(Cl)C(=O)N(C)C(=O)C23Cl)c1O. The van der Waals surface area contributed by atoms with E-state index >= 15 is 0 Å². The Balaban J connectivity index is 1.50. The fourth-order valence-corrected chi connectivity index (χ4v) is 8.24. The van der Waals surface area contributed by atoms with E-state index in [0.717, 1.165) is 21.9 Å². The van der Waals surface area contributed by atoms with Crippen molar-refractivity contribution in [1.82, 2.24) is 4.90 Å². The van der Waals surface area contributed by atoms with Crippen molar-refractivity contribution in [2.24, 2.45) is 17.8 Å². The lowest BCUT2D eigenvalue weighted by Gasteiger charge is -2.50. The molecule has 1 saturated carbocycles. The predicted octanol–water partition coefficient (Wildman–Crippen LogP) is 3.39. The molecule has 2 aromatic rings. The molecule has 224 valence electrons. The standard InChI is InChI=1S/C30H26Cl2N2O9/c1-3-43-20-6-4-5-17(23(20)36)22-14-9-10-16-21(18(14)12-29(31)27(41)33(2)28(42)30(22,29)32)25(38)34(24(16)37)13-7-8-15(26(39)40)19(35)11-13/h4-9,11,16,18,21-22,35-36H,3,10,12H2,1-2H3,(H,39,40). The molecule has 2 aromatic carbocycles. The number of carboxylic acids is 1. The van der Waals surface area contributed by atoms with Crippen LogP contribution in [0.5, 0.6) is 17.2 Å². The number of amides is 4. The van der Waals surface area contributed by atoms with Gasteiger partial charge in [0.05, 0.1) is 24.1 Å².